The molecule has 1 saturated heterocycles. The first-order chi connectivity index (χ1) is 11.6. The lowest BCUT2D eigenvalue weighted by Crippen LogP contribution is -2.47. The third kappa shape index (κ3) is 6.01. The molecule has 24 heavy (non-hydrogen) atoms. The highest BCUT2D eigenvalue weighted by molar-refractivity contribution is 7.80. The number of rotatable bonds is 6. The van der Waals surface area contributed by atoms with E-state index in [1.807, 2.05) is 13.0 Å². The van der Waals surface area contributed by atoms with Gasteiger partial charge in [-0.05, 0) is 50.2 Å². The number of hydrogen-bond donors (Lipinski definition) is 3. The zero-order chi connectivity index (χ0) is 17.4. The van der Waals surface area contributed by atoms with E-state index in [2.05, 4.69) is 28.0 Å². The highest BCUT2D eigenvalue weighted by Gasteiger charge is 2.12. The number of hydrazine groups is 1. The van der Waals surface area contributed by atoms with E-state index in [4.69, 9.17) is 17.0 Å². The van der Waals surface area contributed by atoms with Crippen molar-refractivity contribution in [1.82, 2.24) is 21.1 Å². The van der Waals surface area contributed by atoms with Gasteiger partial charge in [0.05, 0.1) is 18.1 Å². The molecule has 6 nitrogen and oxygen atoms in total. The zero-order valence-electron chi connectivity index (χ0n) is 14.3. The van der Waals surface area contributed by atoms with Crippen LogP contribution in [0.5, 0.6) is 0 Å². The average Bonchev–Trinajstić information content (AvgIpc) is 2.98. The second kappa shape index (κ2) is 9.93. The van der Waals surface area contributed by atoms with E-state index >= 15 is 0 Å². The maximum atomic E-state index is 12.1. The maximum absolute atomic E-state index is 12.1. The summed E-state index contributed by atoms with van der Waals surface area (Å²) in [7, 11) is 0. The van der Waals surface area contributed by atoms with Gasteiger partial charge in [-0.3, -0.25) is 20.5 Å². The van der Waals surface area contributed by atoms with Crippen LogP contribution in [0.1, 0.15) is 33.5 Å². The number of thiocarbonyl (C=S) groups is 1. The van der Waals surface area contributed by atoms with Crippen molar-refractivity contribution in [2.75, 3.05) is 39.4 Å². The summed E-state index contributed by atoms with van der Waals surface area (Å²) in [5, 5.41) is 3.55. The quantitative estimate of drug-likeness (QED) is 0.400. The second-order valence-electron chi connectivity index (χ2n) is 5.71. The van der Waals surface area contributed by atoms with E-state index in [9.17, 15) is 4.79 Å². The number of carbonyl (C=O) groups excluding carboxylic acids is 1. The normalized spacial score (nSPS) is 15.1. The molecule has 2 rings (SSSR count). The summed E-state index contributed by atoms with van der Waals surface area (Å²) in [5.74, 6) is -0.153. The Hall–Kier alpha value is -1.22. The van der Waals surface area contributed by atoms with Gasteiger partial charge in [-0.25, -0.2) is 0 Å². The van der Waals surface area contributed by atoms with Gasteiger partial charge in [-0.15, -0.1) is 11.3 Å². The predicted octanol–water partition coefficient (Wildman–Crippen LogP) is 1.45. The highest BCUT2D eigenvalue weighted by Crippen LogP contribution is 2.21. The molecule has 0 unspecified atom stereocenters. The van der Waals surface area contributed by atoms with Crippen molar-refractivity contribution in [2.24, 2.45) is 0 Å². The maximum Gasteiger partial charge on any atom is 0.279 e. The number of aryl methyl sites for hydroxylation is 2. The van der Waals surface area contributed by atoms with Gasteiger partial charge in [0.2, 0.25) is 0 Å². The molecular weight excluding hydrogens is 344 g/mol. The van der Waals surface area contributed by atoms with Crippen molar-refractivity contribution in [3.8, 4) is 0 Å². The van der Waals surface area contributed by atoms with Crippen molar-refractivity contribution in [1.29, 1.82) is 0 Å². The Labute approximate surface area is 152 Å². The molecule has 1 amide bonds. The van der Waals surface area contributed by atoms with E-state index in [0.29, 0.717) is 9.99 Å². The van der Waals surface area contributed by atoms with Crippen LogP contribution in [-0.4, -0.2) is 55.3 Å². The Morgan fingerprint density at radius 3 is 2.79 bits per heavy atom. The Bertz CT molecular complexity index is 556. The molecule has 0 radical (unpaired) electrons. The number of ether oxygens (including phenoxy) is 1. The molecule has 2 heterocycles. The van der Waals surface area contributed by atoms with Crippen LogP contribution in [0.25, 0.3) is 0 Å². The van der Waals surface area contributed by atoms with Crippen LogP contribution < -0.4 is 16.2 Å². The van der Waals surface area contributed by atoms with E-state index < -0.39 is 0 Å². The van der Waals surface area contributed by atoms with Gasteiger partial charge in [-0.2, -0.15) is 0 Å². The van der Waals surface area contributed by atoms with Crippen LogP contribution in [0.15, 0.2) is 6.07 Å². The zero-order valence-corrected chi connectivity index (χ0v) is 15.9. The number of amides is 1. The summed E-state index contributed by atoms with van der Waals surface area (Å²) in [6.07, 6.45) is 1.94. The minimum Gasteiger partial charge on any atom is -0.379 e. The van der Waals surface area contributed by atoms with Crippen molar-refractivity contribution < 1.29 is 9.53 Å². The fourth-order valence-corrected chi connectivity index (χ4v) is 3.69. The monoisotopic (exact) mass is 370 g/mol. The van der Waals surface area contributed by atoms with Crippen molar-refractivity contribution in [2.45, 2.75) is 26.7 Å². The van der Waals surface area contributed by atoms with E-state index in [-0.39, 0.29) is 5.91 Å². The summed E-state index contributed by atoms with van der Waals surface area (Å²) < 4.78 is 5.32. The first-order valence-electron chi connectivity index (χ1n) is 8.33. The molecule has 1 aromatic heterocycles. The third-order valence-electron chi connectivity index (χ3n) is 3.90. The van der Waals surface area contributed by atoms with Crippen LogP contribution in [0, 0.1) is 6.92 Å². The Morgan fingerprint density at radius 1 is 1.38 bits per heavy atom. The lowest BCUT2D eigenvalue weighted by molar-refractivity contribution is 0.0376. The molecule has 8 heteroatoms. The van der Waals surface area contributed by atoms with Gasteiger partial charge in [0, 0.05) is 24.5 Å². The first-order valence-corrected chi connectivity index (χ1v) is 9.56. The average molecular weight is 371 g/mol. The lowest BCUT2D eigenvalue weighted by Gasteiger charge is -2.26. The largest absolute Gasteiger partial charge is 0.379 e. The number of hydrogen-bond acceptors (Lipinski definition) is 5. The van der Waals surface area contributed by atoms with Crippen LogP contribution in [-0.2, 0) is 11.2 Å². The van der Waals surface area contributed by atoms with Gasteiger partial charge in [-0.1, -0.05) is 6.92 Å². The number of nitrogens with one attached hydrogen (secondary N) is 3. The predicted molar refractivity (Wildman–Crippen MR) is 102 cm³/mol. The second-order valence-corrected chi connectivity index (χ2v) is 7.26. The Kier molecular flexibility index (Phi) is 7.90. The Balaban J connectivity index is 1.60. The van der Waals surface area contributed by atoms with E-state index in [0.717, 1.165) is 57.8 Å². The minimum atomic E-state index is -0.153. The summed E-state index contributed by atoms with van der Waals surface area (Å²) in [5.41, 5.74) is 6.57. The molecule has 0 bridgehead atoms. The summed E-state index contributed by atoms with van der Waals surface area (Å²) in [6.45, 7) is 9.56. The number of carbonyl (C=O) groups is 1. The third-order valence-corrected chi connectivity index (χ3v) is 5.52. The molecule has 0 saturated carbocycles. The molecule has 0 atom stereocenters. The standard InChI is InChI=1S/C16H26N4O2S2/c1-3-13-12(2)11-14(24-13)15(21)18-19-16(23)17-5-4-6-20-7-9-22-10-8-20/h11H,3-10H2,1-2H3,(H,18,21)(H2,17,19,23). The summed E-state index contributed by atoms with van der Waals surface area (Å²) in [6, 6.07) is 1.92. The summed E-state index contributed by atoms with van der Waals surface area (Å²) in [4.78, 5) is 16.4. The van der Waals surface area contributed by atoms with Crippen LogP contribution in [0.2, 0.25) is 0 Å². The topological polar surface area (TPSA) is 65.6 Å². The number of morpholine rings is 1. The van der Waals surface area contributed by atoms with Crippen LogP contribution in [0.4, 0.5) is 0 Å². The molecule has 134 valence electrons. The smallest absolute Gasteiger partial charge is 0.279 e. The SMILES string of the molecule is CCc1sc(C(=O)NNC(=S)NCCCN2CCOCC2)cc1C. The molecule has 0 aliphatic carbocycles. The lowest BCUT2D eigenvalue weighted by atomic mass is 10.2. The fraction of sp³-hybridized carbons (Fsp3) is 0.625. The number of thiophene rings is 1. The van der Waals surface area contributed by atoms with Gasteiger partial charge < -0.3 is 10.1 Å². The molecule has 1 fully saturated rings. The van der Waals surface area contributed by atoms with Crippen molar-refractivity contribution in [3.05, 3.63) is 21.4 Å². The fourth-order valence-electron chi connectivity index (χ4n) is 2.53. The first kappa shape index (κ1) is 19.1. The van der Waals surface area contributed by atoms with Crippen LogP contribution >= 0.6 is 23.6 Å². The molecule has 1 aliphatic heterocycles. The summed E-state index contributed by atoms with van der Waals surface area (Å²) >= 11 is 6.70. The molecule has 0 spiro atoms. The highest BCUT2D eigenvalue weighted by atomic mass is 32.1. The minimum absolute atomic E-state index is 0.153. The Morgan fingerprint density at radius 2 is 2.12 bits per heavy atom. The van der Waals surface area contributed by atoms with E-state index in [1.165, 1.54) is 16.2 Å². The molecule has 1 aromatic rings. The van der Waals surface area contributed by atoms with Crippen molar-refractivity contribution in [3.63, 3.8) is 0 Å². The van der Waals surface area contributed by atoms with Crippen LogP contribution in [0.3, 0.4) is 0 Å². The molecule has 3 N–H and O–H groups in total. The van der Waals surface area contributed by atoms with Gasteiger partial charge >= 0.3 is 0 Å². The van der Waals surface area contributed by atoms with Gasteiger partial charge in [0.1, 0.15) is 0 Å². The van der Waals surface area contributed by atoms with Crippen molar-refractivity contribution >= 4 is 34.6 Å². The molecular formula is C16H26N4O2S2. The van der Waals surface area contributed by atoms with Gasteiger partial charge in [0.25, 0.3) is 5.91 Å². The van der Waals surface area contributed by atoms with Gasteiger partial charge in [0.15, 0.2) is 5.11 Å². The number of nitrogens with zero attached hydrogens (tertiary/aromatic N) is 1. The molecule has 1 aliphatic rings. The van der Waals surface area contributed by atoms with E-state index in [1.54, 1.807) is 0 Å². The molecule has 0 aromatic carbocycles.